The second-order valence-corrected chi connectivity index (χ2v) is 7.51. The summed E-state index contributed by atoms with van der Waals surface area (Å²) in [6.45, 7) is 5.60. The highest BCUT2D eigenvalue weighted by atomic mass is 32.2. The van der Waals surface area contributed by atoms with E-state index in [9.17, 15) is 8.42 Å². The normalized spacial score (nSPS) is 13.2. The first kappa shape index (κ1) is 15.0. The number of thiazole rings is 1. The number of benzene rings is 1. The smallest absolute Gasteiger partial charge is 0.263 e. The van der Waals surface area contributed by atoms with E-state index in [-0.39, 0.29) is 10.9 Å². The molecule has 1 aromatic heterocycles. The SMILES string of the molecule is Cc1nc(NS(=O)(=O)c2ccc(C(C)N)cc2)sc1C. The highest BCUT2D eigenvalue weighted by Crippen LogP contribution is 2.24. The minimum atomic E-state index is -3.60. The molecule has 0 aliphatic carbocycles. The quantitative estimate of drug-likeness (QED) is 0.909. The van der Waals surface area contributed by atoms with Gasteiger partial charge in [-0.1, -0.05) is 12.1 Å². The number of anilines is 1. The van der Waals surface area contributed by atoms with Crippen LogP contribution in [0, 0.1) is 13.8 Å². The topological polar surface area (TPSA) is 85.1 Å². The molecule has 2 aromatic rings. The Morgan fingerprint density at radius 3 is 2.30 bits per heavy atom. The molecule has 0 saturated carbocycles. The van der Waals surface area contributed by atoms with Gasteiger partial charge in [0.15, 0.2) is 5.13 Å². The molecule has 108 valence electrons. The fourth-order valence-corrected chi connectivity index (χ4v) is 3.69. The van der Waals surface area contributed by atoms with Crippen molar-refractivity contribution in [3.05, 3.63) is 40.4 Å². The second-order valence-electron chi connectivity index (χ2n) is 4.62. The Labute approximate surface area is 122 Å². The highest BCUT2D eigenvalue weighted by Gasteiger charge is 2.16. The summed E-state index contributed by atoms with van der Waals surface area (Å²) < 4.78 is 26.9. The van der Waals surface area contributed by atoms with E-state index in [0.29, 0.717) is 5.13 Å². The Bertz CT molecular complexity index is 684. The third-order valence-electron chi connectivity index (χ3n) is 2.97. The van der Waals surface area contributed by atoms with Gasteiger partial charge in [-0.2, -0.15) is 0 Å². The number of aromatic nitrogens is 1. The van der Waals surface area contributed by atoms with Gasteiger partial charge in [-0.15, -0.1) is 11.3 Å². The number of aryl methyl sites for hydroxylation is 2. The van der Waals surface area contributed by atoms with Crippen LogP contribution in [-0.2, 0) is 10.0 Å². The van der Waals surface area contributed by atoms with E-state index in [0.717, 1.165) is 16.1 Å². The largest absolute Gasteiger partial charge is 0.324 e. The molecule has 7 heteroatoms. The first-order valence-corrected chi connectivity index (χ1v) is 8.42. The van der Waals surface area contributed by atoms with Crippen LogP contribution < -0.4 is 10.5 Å². The molecule has 0 radical (unpaired) electrons. The zero-order valence-corrected chi connectivity index (χ0v) is 13.2. The van der Waals surface area contributed by atoms with Crippen molar-refractivity contribution in [1.82, 2.24) is 4.98 Å². The van der Waals surface area contributed by atoms with E-state index in [1.807, 2.05) is 20.8 Å². The van der Waals surface area contributed by atoms with Gasteiger partial charge in [-0.05, 0) is 38.5 Å². The molecule has 0 fully saturated rings. The standard InChI is InChI=1S/C13H17N3O2S2/c1-8(14)11-4-6-12(7-5-11)20(17,18)16-13-15-9(2)10(3)19-13/h4-8H,14H2,1-3H3,(H,15,16). The molecule has 1 unspecified atom stereocenters. The van der Waals surface area contributed by atoms with Crippen LogP contribution in [0.15, 0.2) is 29.2 Å². The van der Waals surface area contributed by atoms with Crippen molar-refractivity contribution < 1.29 is 8.42 Å². The fourth-order valence-electron chi connectivity index (χ4n) is 1.64. The Morgan fingerprint density at radius 1 is 1.25 bits per heavy atom. The van der Waals surface area contributed by atoms with Crippen LogP contribution in [0.5, 0.6) is 0 Å². The Morgan fingerprint density at radius 2 is 1.85 bits per heavy atom. The average molecular weight is 311 g/mol. The summed E-state index contributed by atoms with van der Waals surface area (Å²) >= 11 is 1.32. The van der Waals surface area contributed by atoms with Gasteiger partial charge in [0.1, 0.15) is 0 Å². The summed E-state index contributed by atoms with van der Waals surface area (Å²) in [6, 6.07) is 6.42. The first-order valence-electron chi connectivity index (χ1n) is 6.12. The van der Waals surface area contributed by atoms with E-state index >= 15 is 0 Å². The fraction of sp³-hybridized carbons (Fsp3) is 0.308. The van der Waals surface area contributed by atoms with Crippen LogP contribution in [-0.4, -0.2) is 13.4 Å². The number of nitrogens with one attached hydrogen (secondary N) is 1. The number of hydrogen-bond acceptors (Lipinski definition) is 5. The molecule has 20 heavy (non-hydrogen) atoms. The van der Waals surface area contributed by atoms with Gasteiger partial charge in [0.25, 0.3) is 10.0 Å². The van der Waals surface area contributed by atoms with E-state index in [4.69, 9.17) is 5.73 Å². The second kappa shape index (κ2) is 5.51. The van der Waals surface area contributed by atoms with Crippen molar-refractivity contribution in [2.75, 3.05) is 4.72 Å². The predicted molar refractivity (Wildman–Crippen MR) is 81.4 cm³/mol. The number of nitrogens with zero attached hydrogens (tertiary/aromatic N) is 1. The van der Waals surface area contributed by atoms with Gasteiger partial charge in [-0.3, -0.25) is 4.72 Å². The highest BCUT2D eigenvalue weighted by molar-refractivity contribution is 7.93. The Balaban J connectivity index is 2.26. The molecule has 0 saturated heterocycles. The molecule has 0 spiro atoms. The van der Waals surface area contributed by atoms with Gasteiger partial charge >= 0.3 is 0 Å². The average Bonchev–Trinajstić information content (AvgIpc) is 2.67. The molecular formula is C13H17N3O2S2. The molecule has 2 rings (SSSR count). The molecule has 0 bridgehead atoms. The van der Waals surface area contributed by atoms with E-state index in [2.05, 4.69) is 9.71 Å². The summed E-state index contributed by atoms with van der Waals surface area (Å²) in [6.07, 6.45) is 0. The molecule has 0 amide bonds. The number of rotatable bonds is 4. The van der Waals surface area contributed by atoms with Crippen LogP contribution in [0.3, 0.4) is 0 Å². The minimum absolute atomic E-state index is 0.121. The van der Waals surface area contributed by atoms with Crippen molar-refractivity contribution in [3.8, 4) is 0 Å². The summed E-state index contributed by atoms with van der Waals surface area (Å²) in [5, 5.41) is 0.385. The van der Waals surface area contributed by atoms with Gasteiger partial charge in [0, 0.05) is 10.9 Å². The van der Waals surface area contributed by atoms with Crippen molar-refractivity contribution in [3.63, 3.8) is 0 Å². The Kier molecular flexibility index (Phi) is 4.12. The van der Waals surface area contributed by atoms with Crippen LogP contribution in [0.2, 0.25) is 0 Å². The van der Waals surface area contributed by atoms with Crippen LogP contribution >= 0.6 is 11.3 Å². The first-order chi connectivity index (χ1) is 9.29. The lowest BCUT2D eigenvalue weighted by Crippen LogP contribution is -2.13. The lowest BCUT2D eigenvalue weighted by molar-refractivity contribution is 0.601. The maximum Gasteiger partial charge on any atom is 0.263 e. The van der Waals surface area contributed by atoms with Crippen LogP contribution in [0.1, 0.15) is 29.1 Å². The molecule has 0 aliphatic rings. The summed E-state index contributed by atoms with van der Waals surface area (Å²) in [4.78, 5) is 5.37. The predicted octanol–water partition coefficient (Wildman–Crippen LogP) is 2.58. The molecule has 1 heterocycles. The molecular weight excluding hydrogens is 294 g/mol. The molecule has 3 N–H and O–H groups in total. The molecule has 1 atom stereocenters. The maximum absolute atomic E-state index is 12.2. The minimum Gasteiger partial charge on any atom is -0.324 e. The number of hydrogen-bond donors (Lipinski definition) is 2. The molecule has 0 aliphatic heterocycles. The lowest BCUT2D eigenvalue weighted by atomic mass is 10.1. The van der Waals surface area contributed by atoms with E-state index in [1.165, 1.54) is 11.3 Å². The van der Waals surface area contributed by atoms with Crippen LogP contribution in [0.4, 0.5) is 5.13 Å². The van der Waals surface area contributed by atoms with Gasteiger partial charge in [-0.25, -0.2) is 13.4 Å². The zero-order valence-electron chi connectivity index (χ0n) is 11.5. The third kappa shape index (κ3) is 3.17. The summed E-state index contributed by atoms with van der Waals surface area (Å²) in [5.74, 6) is 0. The van der Waals surface area contributed by atoms with Gasteiger partial charge < -0.3 is 5.73 Å². The van der Waals surface area contributed by atoms with E-state index in [1.54, 1.807) is 24.3 Å². The molecule has 1 aromatic carbocycles. The zero-order chi connectivity index (χ0) is 14.9. The van der Waals surface area contributed by atoms with Crippen LogP contribution in [0.25, 0.3) is 0 Å². The van der Waals surface area contributed by atoms with Crippen molar-refractivity contribution >= 4 is 26.5 Å². The maximum atomic E-state index is 12.2. The van der Waals surface area contributed by atoms with E-state index < -0.39 is 10.0 Å². The summed E-state index contributed by atoms with van der Waals surface area (Å²) in [5.41, 5.74) is 7.47. The summed E-state index contributed by atoms with van der Waals surface area (Å²) in [7, 11) is -3.60. The van der Waals surface area contributed by atoms with Crippen molar-refractivity contribution in [2.45, 2.75) is 31.7 Å². The van der Waals surface area contributed by atoms with Gasteiger partial charge in [0.05, 0.1) is 10.6 Å². The molecule has 5 nitrogen and oxygen atoms in total. The number of sulfonamides is 1. The lowest BCUT2D eigenvalue weighted by Gasteiger charge is -2.08. The third-order valence-corrected chi connectivity index (χ3v) is 5.44. The van der Waals surface area contributed by atoms with Gasteiger partial charge in [0.2, 0.25) is 0 Å². The van der Waals surface area contributed by atoms with Crippen molar-refractivity contribution in [1.29, 1.82) is 0 Å². The monoisotopic (exact) mass is 311 g/mol. The van der Waals surface area contributed by atoms with Crippen molar-refractivity contribution in [2.24, 2.45) is 5.73 Å². The number of nitrogens with two attached hydrogens (primary N) is 1. The Hall–Kier alpha value is -1.44.